The number of aliphatic hydroxyl groups is 1. The summed E-state index contributed by atoms with van der Waals surface area (Å²) in [5, 5.41) is 13.0. The van der Waals surface area contributed by atoms with E-state index in [0.29, 0.717) is 12.6 Å². The first-order valence-electron chi connectivity index (χ1n) is 8.03. The molecule has 5 heteroatoms. The molecule has 0 spiro atoms. The molecule has 0 radical (unpaired) electrons. The molecule has 5 nitrogen and oxygen atoms in total. The third kappa shape index (κ3) is 3.28. The minimum absolute atomic E-state index is 0.0675. The molecule has 3 rings (SSSR count). The van der Waals surface area contributed by atoms with Crippen LogP contribution in [0.2, 0.25) is 0 Å². The molecule has 2 heterocycles. The molecular formula is C16H26N4O. The summed E-state index contributed by atoms with van der Waals surface area (Å²) in [5.74, 6) is 2.50. The minimum atomic E-state index is 0.0675. The highest BCUT2D eigenvalue weighted by atomic mass is 16.3. The van der Waals surface area contributed by atoms with Crippen LogP contribution in [0.25, 0.3) is 0 Å². The Hall–Kier alpha value is -1.36. The second kappa shape index (κ2) is 5.79. The zero-order valence-electron chi connectivity index (χ0n) is 13.1. The highest BCUT2D eigenvalue weighted by Gasteiger charge is 2.40. The number of piperidine rings is 1. The summed E-state index contributed by atoms with van der Waals surface area (Å²) in [4.78, 5) is 11.3. The molecule has 0 amide bonds. The van der Waals surface area contributed by atoms with Crippen molar-refractivity contribution in [3.8, 4) is 0 Å². The molecular weight excluding hydrogens is 264 g/mol. The molecule has 2 N–H and O–H groups in total. The maximum atomic E-state index is 9.97. The lowest BCUT2D eigenvalue weighted by molar-refractivity contribution is 0.0901. The van der Waals surface area contributed by atoms with E-state index in [1.807, 2.05) is 20.0 Å². The number of hydrogen-bond acceptors (Lipinski definition) is 5. The van der Waals surface area contributed by atoms with Crippen LogP contribution in [0.15, 0.2) is 6.07 Å². The van der Waals surface area contributed by atoms with E-state index in [-0.39, 0.29) is 5.41 Å². The SMILES string of the molecule is CNc1nc(C)cc(N2CCC[C@@](CO)(CC3CC3)C2)n1. The van der Waals surface area contributed by atoms with Crippen molar-refractivity contribution < 1.29 is 5.11 Å². The number of aryl methyl sites for hydroxylation is 1. The first kappa shape index (κ1) is 14.6. The lowest BCUT2D eigenvalue weighted by atomic mass is 9.76. The van der Waals surface area contributed by atoms with Crippen molar-refractivity contribution in [2.75, 3.05) is 37.0 Å². The van der Waals surface area contributed by atoms with Crippen molar-refractivity contribution >= 4 is 11.8 Å². The Kier molecular flexibility index (Phi) is 4.02. The first-order chi connectivity index (χ1) is 10.1. The maximum absolute atomic E-state index is 9.97. The standard InChI is InChI=1S/C16H26N4O/c1-12-8-14(19-15(17-2)18-12)20-7-3-6-16(10-20,11-21)9-13-4-5-13/h8,13,21H,3-7,9-11H2,1-2H3,(H,17,18,19)/t16-/m1/s1. The number of nitrogens with one attached hydrogen (secondary N) is 1. The van der Waals surface area contributed by atoms with Crippen LogP contribution in [-0.4, -0.2) is 41.8 Å². The van der Waals surface area contributed by atoms with Gasteiger partial charge in [0.15, 0.2) is 0 Å². The molecule has 1 saturated carbocycles. The Morgan fingerprint density at radius 2 is 2.24 bits per heavy atom. The van der Waals surface area contributed by atoms with Crippen LogP contribution in [-0.2, 0) is 0 Å². The number of anilines is 2. The molecule has 2 aliphatic rings. The number of rotatable bonds is 5. The summed E-state index contributed by atoms with van der Waals surface area (Å²) >= 11 is 0. The molecule has 116 valence electrons. The Bertz CT molecular complexity index is 503. The molecule has 1 aliphatic heterocycles. The quantitative estimate of drug-likeness (QED) is 0.870. The van der Waals surface area contributed by atoms with Crippen molar-refractivity contribution in [1.29, 1.82) is 0 Å². The molecule has 2 fully saturated rings. The number of hydrogen-bond donors (Lipinski definition) is 2. The van der Waals surface area contributed by atoms with E-state index >= 15 is 0 Å². The smallest absolute Gasteiger partial charge is 0.224 e. The fourth-order valence-electron chi connectivity index (χ4n) is 3.52. The topological polar surface area (TPSA) is 61.3 Å². The van der Waals surface area contributed by atoms with Crippen LogP contribution in [0.1, 0.15) is 37.8 Å². The largest absolute Gasteiger partial charge is 0.396 e. The Morgan fingerprint density at radius 1 is 1.43 bits per heavy atom. The number of aromatic nitrogens is 2. The van der Waals surface area contributed by atoms with Crippen molar-refractivity contribution in [3.63, 3.8) is 0 Å². The Morgan fingerprint density at radius 3 is 2.90 bits per heavy atom. The molecule has 0 unspecified atom stereocenters. The predicted molar refractivity (Wildman–Crippen MR) is 84.6 cm³/mol. The summed E-state index contributed by atoms with van der Waals surface area (Å²) in [5.41, 5.74) is 1.05. The average molecular weight is 290 g/mol. The van der Waals surface area contributed by atoms with Gasteiger partial charge < -0.3 is 15.3 Å². The van der Waals surface area contributed by atoms with Crippen molar-refractivity contribution in [3.05, 3.63) is 11.8 Å². The van der Waals surface area contributed by atoms with Gasteiger partial charge in [0.1, 0.15) is 5.82 Å². The lowest BCUT2D eigenvalue weighted by Crippen LogP contribution is -2.46. The van der Waals surface area contributed by atoms with Gasteiger partial charge in [0, 0.05) is 37.3 Å². The second-order valence-corrected chi connectivity index (χ2v) is 6.77. The highest BCUT2D eigenvalue weighted by Crippen LogP contribution is 2.44. The van der Waals surface area contributed by atoms with Crippen molar-refractivity contribution in [2.24, 2.45) is 11.3 Å². The van der Waals surface area contributed by atoms with Gasteiger partial charge in [0.2, 0.25) is 5.95 Å². The van der Waals surface area contributed by atoms with Crippen molar-refractivity contribution in [2.45, 2.75) is 39.0 Å². The summed E-state index contributed by atoms with van der Waals surface area (Å²) < 4.78 is 0. The summed E-state index contributed by atoms with van der Waals surface area (Å²) in [6, 6.07) is 2.05. The maximum Gasteiger partial charge on any atom is 0.224 e. The van der Waals surface area contributed by atoms with E-state index in [9.17, 15) is 5.11 Å². The summed E-state index contributed by atoms with van der Waals surface area (Å²) in [6.45, 7) is 4.23. The number of nitrogens with zero attached hydrogens (tertiary/aromatic N) is 3. The Balaban J connectivity index is 1.79. The molecule has 0 aromatic carbocycles. The van der Waals surface area contributed by atoms with Gasteiger partial charge in [-0.25, -0.2) is 4.98 Å². The molecule has 1 aromatic heterocycles. The molecule has 1 saturated heterocycles. The van der Waals surface area contributed by atoms with Crippen molar-refractivity contribution in [1.82, 2.24) is 9.97 Å². The van der Waals surface area contributed by atoms with Gasteiger partial charge in [-0.15, -0.1) is 0 Å². The molecule has 1 atom stereocenters. The van der Waals surface area contributed by atoms with E-state index in [2.05, 4.69) is 20.2 Å². The monoisotopic (exact) mass is 290 g/mol. The van der Waals surface area contributed by atoms with E-state index < -0.39 is 0 Å². The van der Waals surface area contributed by atoms with E-state index in [1.165, 1.54) is 19.3 Å². The molecule has 0 bridgehead atoms. The fourth-order valence-corrected chi connectivity index (χ4v) is 3.52. The molecule has 1 aliphatic carbocycles. The van der Waals surface area contributed by atoms with Gasteiger partial charge in [-0.2, -0.15) is 4.98 Å². The van der Waals surface area contributed by atoms with Crippen LogP contribution >= 0.6 is 0 Å². The van der Waals surface area contributed by atoms with E-state index in [0.717, 1.165) is 43.4 Å². The van der Waals surface area contributed by atoms with E-state index in [4.69, 9.17) is 0 Å². The molecule has 21 heavy (non-hydrogen) atoms. The van der Waals surface area contributed by atoms with Crippen LogP contribution in [0.5, 0.6) is 0 Å². The van der Waals surface area contributed by atoms with Crippen LogP contribution in [0.3, 0.4) is 0 Å². The zero-order chi connectivity index (χ0) is 14.9. The first-order valence-corrected chi connectivity index (χ1v) is 8.03. The normalized spacial score (nSPS) is 26.0. The van der Waals surface area contributed by atoms with Crippen LogP contribution < -0.4 is 10.2 Å². The van der Waals surface area contributed by atoms with Gasteiger partial charge in [-0.05, 0) is 32.1 Å². The third-order valence-electron chi connectivity index (χ3n) is 4.80. The summed E-state index contributed by atoms with van der Waals surface area (Å²) in [7, 11) is 1.85. The zero-order valence-corrected chi connectivity index (χ0v) is 13.1. The van der Waals surface area contributed by atoms with Gasteiger partial charge in [0.25, 0.3) is 0 Å². The Labute approximate surface area is 126 Å². The molecule has 1 aromatic rings. The van der Waals surface area contributed by atoms with Crippen LogP contribution in [0.4, 0.5) is 11.8 Å². The van der Waals surface area contributed by atoms with Gasteiger partial charge in [-0.3, -0.25) is 0 Å². The lowest BCUT2D eigenvalue weighted by Gasteiger charge is -2.42. The third-order valence-corrected chi connectivity index (χ3v) is 4.80. The van der Waals surface area contributed by atoms with Gasteiger partial charge in [-0.1, -0.05) is 12.8 Å². The fraction of sp³-hybridized carbons (Fsp3) is 0.750. The van der Waals surface area contributed by atoms with Gasteiger partial charge in [0.05, 0.1) is 6.61 Å². The van der Waals surface area contributed by atoms with Gasteiger partial charge >= 0.3 is 0 Å². The highest BCUT2D eigenvalue weighted by molar-refractivity contribution is 5.45. The van der Waals surface area contributed by atoms with Crippen LogP contribution in [0, 0.1) is 18.3 Å². The second-order valence-electron chi connectivity index (χ2n) is 6.77. The van der Waals surface area contributed by atoms with E-state index in [1.54, 1.807) is 0 Å². The summed E-state index contributed by atoms with van der Waals surface area (Å²) in [6.07, 6.45) is 6.13. The predicted octanol–water partition coefficient (Wildman–Crippen LogP) is 2.21. The minimum Gasteiger partial charge on any atom is -0.396 e. The average Bonchev–Trinajstić information content (AvgIpc) is 3.30. The number of aliphatic hydroxyl groups excluding tert-OH is 1.